The fourth-order valence-corrected chi connectivity index (χ4v) is 2.34. The molecule has 0 bridgehead atoms. The fraction of sp³-hybridized carbons (Fsp3) is 0.571. The second kappa shape index (κ2) is 6.02. The first-order chi connectivity index (χ1) is 9.06. The lowest BCUT2D eigenvalue weighted by Crippen LogP contribution is -2.33. The number of carbonyl (C=O) groups is 1. The van der Waals surface area contributed by atoms with Crippen LogP contribution in [0.4, 0.5) is 5.82 Å². The van der Waals surface area contributed by atoms with Crippen LogP contribution in [0.15, 0.2) is 18.3 Å². The summed E-state index contributed by atoms with van der Waals surface area (Å²) in [5.74, 6) is 0.804. The van der Waals surface area contributed by atoms with Crippen molar-refractivity contribution in [3.05, 3.63) is 23.9 Å². The van der Waals surface area contributed by atoms with Crippen molar-refractivity contribution in [2.45, 2.75) is 37.8 Å². The van der Waals surface area contributed by atoms with E-state index in [1.54, 1.807) is 25.2 Å². The van der Waals surface area contributed by atoms with Gasteiger partial charge in [-0.05, 0) is 37.8 Å². The maximum Gasteiger partial charge on any atom is 0.254 e. The van der Waals surface area contributed by atoms with Gasteiger partial charge in [0, 0.05) is 32.4 Å². The standard InChI is InChI=1S/C14H22N4O/c1-18(2)14(19)10-3-8-13(16-9-10)17-12-6-4-11(15)5-7-12/h3,8-9,11-12H,4-7,15H2,1-2H3,(H,16,17). The van der Waals surface area contributed by atoms with Crippen LogP contribution in [0.5, 0.6) is 0 Å². The number of rotatable bonds is 3. The topological polar surface area (TPSA) is 71.2 Å². The molecule has 3 N–H and O–H groups in total. The van der Waals surface area contributed by atoms with E-state index in [4.69, 9.17) is 5.73 Å². The van der Waals surface area contributed by atoms with Crippen LogP contribution in [-0.2, 0) is 0 Å². The quantitative estimate of drug-likeness (QED) is 0.865. The van der Waals surface area contributed by atoms with E-state index < -0.39 is 0 Å². The van der Waals surface area contributed by atoms with Crippen LogP contribution in [0.25, 0.3) is 0 Å². The van der Waals surface area contributed by atoms with E-state index >= 15 is 0 Å². The number of nitrogens with zero attached hydrogens (tertiary/aromatic N) is 2. The predicted octanol–water partition coefficient (Wildman–Crippen LogP) is 1.47. The molecule has 0 saturated heterocycles. The summed E-state index contributed by atoms with van der Waals surface area (Å²) in [6.45, 7) is 0. The van der Waals surface area contributed by atoms with Crippen LogP contribution in [0.3, 0.4) is 0 Å². The minimum Gasteiger partial charge on any atom is -0.367 e. The SMILES string of the molecule is CN(C)C(=O)c1ccc(NC2CCC(N)CC2)nc1. The third-order valence-corrected chi connectivity index (χ3v) is 3.54. The van der Waals surface area contributed by atoms with Crippen LogP contribution < -0.4 is 11.1 Å². The fourth-order valence-electron chi connectivity index (χ4n) is 2.34. The zero-order chi connectivity index (χ0) is 13.8. The molecule has 0 atom stereocenters. The highest BCUT2D eigenvalue weighted by atomic mass is 16.2. The van der Waals surface area contributed by atoms with Gasteiger partial charge in [-0.3, -0.25) is 4.79 Å². The summed E-state index contributed by atoms with van der Waals surface area (Å²) >= 11 is 0. The molecule has 1 heterocycles. The lowest BCUT2D eigenvalue weighted by atomic mass is 9.92. The third kappa shape index (κ3) is 3.67. The van der Waals surface area contributed by atoms with Gasteiger partial charge in [-0.25, -0.2) is 4.98 Å². The van der Waals surface area contributed by atoms with E-state index in [0.717, 1.165) is 31.5 Å². The summed E-state index contributed by atoms with van der Waals surface area (Å²) in [6, 6.07) is 4.48. The number of carbonyl (C=O) groups excluding carboxylic acids is 1. The van der Waals surface area contributed by atoms with Gasteiger partial charge in [0.25, 0.3) is 5.91 Å². The van der Waals surface area contributed by atoms with E-state index in [2.05, 4.69) is 10.3 Å². The number of hydrogen-bond donors (Lipinski definition) is 2. The Hall–Kier alpha value is -1.62. The monoisotopic (exact) mass is 262 g/mol. The molecule has 2 rings (SSSR count). The molecule has 1 saturated carbocycles. The highest BCUT2D eigenvalue weighted by Gasteiger charge is 2.18. The lowest BCUT2D eigenvalue weighted by Gasteiger charge is -2.27. The van der Waals surface area contributed by atoms with Gasteiger partial charge in [-0.15, -0.1) is 0 Å². The van der Waals surface area contributed by atoms with Gasteiger partial charge in [0.05, 0.1) is 5.56 Å². The van der Waals surface area contributed by atoms with Gasteiger partial charge < -0.3 is 16.0 Å². The van der Waals surface area contributed by atoms with E-state index in [9.17, 15) is 4.79 Å². The first kappa shape index (κ1) is 13.8. The van der Waals surface area contributed by atoms with Crippen molar-refractivity contribution in [1.29, 1.82) is 0 Å². The maximum atomic E-state index is 11.7. The molecule has 1 fully saturated rings. The molecule has 1 aliphatic rings. The maximum absolute atomic E-state index is 11.7. The normalized spacial score (nSPS) is 22.9. The Morgan fingerprint density at radius 1 is 1.32 bits per heavy atom. The molecule has 1 aromatic heterocycles. The minimum absolute atomic E-state index is 0.0253. The lowest BCUT2D eigenvalue weighted by molar-refractivity contribution is 0.0827. The van der Waals surface area contributed by atoms with Crippen LogP contribution in [0, 0.1) is 0 Å². The first-order valence-electron chi connectivity index (χ1n) is 6.76. The van der Waals surface area contributed by atoms with Crippen molar-refractivity contribution in [2.24, 2.45) is 5.73 Å². The first-order valence-corrected chi connectivity index (χ1v) is 6.76. The molecular weight excluding hydrogens is 240 g/mol. The highest BCUT2D eigenvalue weighted by Crippen LogP contribution is 2.20. The second-order valence-corrected chi connectivity index (χ2v) is 5.39. The molecule has 1 aliphatic carbocycles. The Morgan fingerprint density at radius 3 is 2.53 bits per heavy atom. The van der Waals surface area contributed by atoms with E-state index in [0.29, 0.717) is 17.6 Å². The van der Waals surface area contributed by atoms with Crippen LogP contribution in [0.1, 0.15) is 36.0 Å². The Balaban J connectivity index is 1.93. The largest absolute Gasteiger partial charge is 0.367 e. The molecule has 19 heavy (non-hydrogen) atoms. The zero-order valence-electron chi connectivity index (χ0n) is 11.6. The summed E-state index contributed by atoms with van der Waals surface area (Å²) in [5.41, 5.74) is 6.50. The van der Waals surface area contributed by atoms with E-state index in [-0.39, 0.29) is 5.91 Å². The van der Waals surface area contributed by atoms with Crippen LogP contribution >= 0.6 is 0 Å². The summed E-state index contributed by atoms with van der Waals surface area (Å²) < 4.78 is 0. The van der Waals surface area contributed by atoms with Crippen molar-refractivity contribution in [3.8, 4) is 0 Å². The molecule has 0 aromatic carbocycles. The van der Waals surface area contributed by atoms with E-state index in [1.165, 1.54) is 0 Å². The Bertz CT molecular complexity index is 422. The molecule has 1 amide bonds. The summed E-state index contributed by atoms with van der Waals surface area (Å²) in [4.78, 5) is 17.6. The van der Waals surface area contributed by atoms with Crippen LogP contribution in [-0.4, -0.2) is 42.0 Å². The van der Waals surface area contributed by atoms with E-state index in [1.807, 2.05) is 12.1 Å². The Morgan fingerprint density at radius 2 is 2.00 bits per heavy atom. The molecule has 0 spiro atoms. The molecule has 5 nitrogen and oxygen atoms in total. The van der Waals surface area contributed by atoms with Crippen molar-refractivity contribution in [1.82, 2.24) is 9.88 Å². The molecule has 1 aromatic rings. The molecule has 0 aliphatic heterocycles. The van der Waals surface area contributed by atoms with Crippen LogP contribution in [0.2, 0.25) is 0 Å². The highest BCUT2D eigenvalue weighted by molar-refractivity contribution is 5.93. The smallest absolute Gasteiger partial charge is 0.254 e. The van der Waals surface area contributed by atoms with Gasteiger partial charge in [0.1, 0.15) is 5.82 Å². The molecule has 0 unspecified atom stereocenters. The number of amides is 1. The number of anilines is 1. The number of pyridine rings is 1. The summed E-state index contributed by atoms with van der Waals surface area (Å²) in [6.07, 6.45) is 5.92. The molecule has 5 heteroatoms. The van der Waals surface area contributed by atoms with Crippen molar-refractivity contribution in [3.63, 3.8) is 0 Å². The van der Waals surface area contributed by atoms with Gasteiger partial charge >= 0.3 is 0 Å². The molecule has 104 valence electrons. The van der Waals surface area contributed by atoms with Gasteiger partial charge in [-0.2, -0.15) is 0 Å². The predicted molar refractivity (Wildman–Crippen MR) is 76.1 cm³/mol. The Kier molecular flexibility index (Phi) is 4.37. The average Bonchev–Trinajstić information content (AvgIpc) is 2.41. The number of nitrogens with two attached hydrogens (primary N) is 1. The van der Waals surface area contributed by atoms with Crippen molar-refractivity contribution >= 4 is 11.7 Å². The summed E-state index contributed by atoms with van der Waals surface area (Å²) in [7, 11) is 3.47. The minimum atomic E-state index is -0.0253. The van der Waals surface area contributed by atoms with Gasteiger partial charge in [-0.1, -0.05) is 0 Å². The number of aromatic nitrogens is 1. The molecular formula is C14H22N4O. The Labute approximate surface area is 114 Å². The number of nitrogens with one attached hydrogen (secondary N) is 1. The van der Waals surface area contributed by atoms with Crippen molar-refractivity contribution < 1.29 is 4.79 Å². The van der Waals surface area contributed by atoms with Gasteiger partial charge in [0.2, 0.25) is 0 Å². The average molecular weight is 262 g/mol. The van der Waals surface area contributed by atoms with Gasteiger partial charge in [0.15, 0.2) is 0 Å². The second-order valence-electron chi connectivity index (χ2n) is 5.39. The third-order valence-electron chi connectivity index (χ3n) is 3.54. The number of hydrogen-bond acceptors (Lipinski definition) is 4. The van der Waals surface area contributed by atoms with Crippen molar-refractivity contribution in [2.75, 3.05) is 19.4 Å². The molecule has 0 radical (unpaired) electrons. The summed E-state index contributed by atoms with van der Waals surface area (Å²) in [5, 5.41) is 3.41. The zero-order valence-corrected chi connectivity index (χ0v) is 11.6.